The molecule has 1 amide bonds. The minimum atomic E-state index is -0.581. The number of hydrogen-bond donors (Lipinski definition) is 1. The molecule has 0 saturated carbocycles. The Bertz CT molecular complexity index is 1140. The topological polar surface area (TPSA) is 112 Å². The van der Waals surface area contributed by atoms with E-state index in [9.17, 15) is 14.9 Å². The summed E-state index contributed by atoms with van der Waals surface area (Å²) in [6.07, 6.45) is 6.19. The summed E-state index contributed by atoms with van der Waals surface area (Å²) < 4.78 is 10.8. The van der Waals surface area contributed by atoms with Gasteiger partial charge in [-0.3, -0.25) is 4.79 Å². The monoisotopic (exact) mass is 463 g/mol. The van der Waals surface area contributed by atoms with Gasteiger partial charge in [-0.25, -0.2) is 4.79 Å². The van der Waals surface area contributed by atoms with E-state index in [-0.39, 0.29) is 12.2 Å². The van der Waals surface area contributed by atoms with E-state index >= 15 is 0 Å². The minimum absolute atomic E-state index is 0.0854. The number of thiophene rings is 1. The van der Waals surface area contributed by atoms with E-state index in [0.717, 1.165) is 36.1 Å². The van der Waals surface area contributed by atoms with Gasteiger partial charge in [-0.2, -0.15) is 10.5 Å². The molecule has 7 nitrogen and oxygen atoms in total. The highest BCUT2D eigenvalue weighted by Gasteiger charge is 2.27. The quantitative estimate of drug-likeness (QED) is 0.241. The van der Waals surface area contributed by atoms with E-state index in [1.807, 2.05) is 6.07 Å². The molecule has 0 bridgehead atoms. The van der Waals surface area contributed by atoms with Gasteiger partial charge in [0.15, 0.2) is 0 Å². The second-order valence-electron chi connectivity index (χ2n) is 7.44. The Labute approximate surface area is 197 Å². The van der Waals surface area contributed by atoms with Crippen molar-refractivity contribution in [3.63, 3.8) is 0 Å². The maximum Gasteiger partial charge on any atom is 0.341 e. The number of amides is 1. The molecule has 0 saturated heterocycles. The number of rotatable bonds is 9. The number of carbonyl (C=O) groups is 2. The van der Waals surface area contributed by atoms with E-state index < -0.39 is 11.9 Å². The molecule has 0 radical (unpaired) electrons. The standard InChI is InChI=1S/C25H25N3O4S/c1-2-31-25(30)22-20-10-3-4-11-21(20)33-24(22)28-23(29)18(16-27)14-17-8-7-9-19(15-17)32-13-6-5-12-26/h7-9,14-15H,2-6,10-11,13H2,1H3,(H,28,29)/b18-14-. The maximum atomic E-state index is 12.9. The number of carbonyl (C=O) groups excluding carboxylic acids is 2. The smallest absolute Gasteiger partial charge is 0.341 e. The predicted molar refractivity (Wildman–Crippen MR) is 126 cm³/mol. The highest BCUT2D eigenvalue weighted by atomic mass is 32.1. The molecule has 1 aliphatic carbocycles. The third kappa shape index (κ3) is 6.21. The molecule has 1 N–H and O–H groups in total. The molecule has 0 atom stereocenters. The first-order valence-corrected chi connectivity index (χ1v) is 11.7. The van der Waals surface area contributed by atoms with Gasteiger partial charge < -0.3 is 14.8 Å². The number of nitrogens with one attached hydrogen (secondary N) is 1. The van der Waals surface area contributed by atoms with Crippen LogP contribution < -0.4 is 10.1 Å². The van der Waals surface area contributed by atoms with Gasteiger partial charge in [-0.15, -0.1) is 11.3 Å². The summed E-state index contributed by atoms with van der Waals surface area (Å²) in [7, 11) is 0. The first-order valence-electron chi connectivity index (χ1n) is 10.9. The summed E-state index contributed by atoms with van der Waals surface area (Å²) in [5.74, 6) is -0.437. The van der Waals surface area contributed by atoms with Crippen molar-refractivity contribution >= 4 is 34.3 Å². The lowest BCUT2D eigenvalue weighted by Crippen LogP contribution is -2.16. The molecule has 1 heterocycles. The molecule has 0 aliphatic heterocycles. The van der Waals surface area contributed by atoms with Gasteiger partial charge in [0.05, 0.1) is 24.8 Å². The number of aryl methyl sites for hydroxylation is 1. The average Bonchev–Trinajstić information content (AvgIpc) is 3.18. The Morgan fingerprint density at radius 1 is 1.24 bits per heavy atom. The highest BCUT2D eigenvalue weighted by molar-refractivity contribution is 7.17. The van der Waals surface area contributed by atoms with E-state index in [0.29, 0.717) is 41.3 Å². The van der Waals surface area contributed by atoms with Crippen LogP contribution in [0, 0.1) is 22.7 Å². The minimum Gasteiger partial charge on any atom is -0.494 e. The molecule has 0 unspecified atom stereocenters. The van der Waals surface area contributed by atoms with Gasteiger partial charge in [0, 0.05) is 11.3 Å². The van der Waals surface area contributed by atoms with Crippen molar-refractivity contribution in [2.75, 3.05) is 18.5 Å². The van der Waals surface area contributed by atoms with Crippen LogP contribution in [0.2, 0.25) is 0 Å². The van der Waals surface area contributed by atoms with Crippen molar-refractivity contribution < 1.29 is 19.1 Å². The van der Waals surface area contributed by atoms with E-state index in [1.165, 1.54) is 17.4 Å². The normalized spacial score (nSPS) is 12.8. The third-order valence-electron chi connectivity index (χ3n) is 5.11. The number of nitriles is 2. The molecule has 3 rings (SSSR count). The molecular formula is C25H25N3O4S. The van der Waals surface area contributed by atoms with Gasteiger partial charge in [0.1, 0.15) is 22.4 Å². The van der Waals surface area contributed by atoms with Crippen LogP contribution >= 0.6 is 11.3 Å². The summed E-state index contributed by atoms with van der Waals surface area (Å²) in [5, 5.41) is 21.4. The van der Waals surface area contributed by atoms with Crippen LogP contribution in [0.15, 0.2) is 29.8 Å². The molecule has 0 fully saturated rings. The number of esters is 1. The molecule has 1 aliphatic rings. The van der Waals surface area contributed by atoms with E-state index in [1.54, 1.807) is 31.2 Å². The lowest BCUT2D eigenvalue weighted by Gasteiger charge is -2.12. The fraction of sp³-hybridized carbons (Fsp3) is 0.360. The Kier molecular flexibility index (Phi) is 8.63. The van der Waals surface area contributed by atoms with Crippen LogP contribution in [0.4, 0.5) is 5.00 Å². The van der Waals surface area contributed by atoms with Gasteiger partial charge in [-0.05, 0) is 68.4 Å². The number of fused-ring (bicyclic) bond motifs is 1. The summed E-state index contributed by atoms with van der Waals surface area (Å²) in [6.45, 7) is 2.40. The largest absolute Gasteiger partial charge is 0.494 e. The summed E-state index contributed by atoms with van der Waals surface area (Å²) >= 11 is 1.38. The van der Waals surface area contributed by atoms with Crippen molar-refractivity contribution in [3.8, 4) is 17.9 Å². The lowest BCUT2D eigenvalue weighted by atomic mass is 9.95. The molecule has 8 heteroatoms. The van der Waals surface area contributed by atoms with E-state index in [2.05, 4.69) is 11.4 Å². The van der Waals surface area contributed by atoms with Crippen LogP contribution in [-0.4, -0.2) is 25.1 Å². The number of unbranched alkanes of at least 4 members (excludes halogenated alkanes) is 1. The van der Waals surface area contributed by atoms with Gasteiger partial charge in [-0.1, -0.05) is 12.1 Å². The number of hydrogen-bond acceptors (Lipinski definition) is 7. The number of ether oxygens (including phenoxy) is 2. The second-order valence-corrected chi connectivity index (χ2v) is 8.55. The number of nitrogens with zero attached hydrogens (tertiary/aromatic N) is 2. The Balaban J connectivity index is 1.80. The summed E-state index contributed by atoms with van der Waals surface area (Å²) in [6, 6.07) is 11.0. The van der Waals surface area contributed by atoms with Crippen molar-refractivity contribution in [2.24, 2.45) is 0 Å². The number of benzene rings is 1. The van der Waals surface area contributed by atoms with Crippen LogP contribution in [0.5, 0.6) is 5.75 Å². The van der Waals surface area contributed by atoms with Crippen molar-refractivity contribution in [1.29, 1.82) is 10.5 Å². The SMILES string of the molecule is CCOC(=O)c1c(NC(=O)/C(C#N)=C\c2cccc(OCCCC#N)c2)sc2c1CCCC2. The first-order chi connectivity index (χ1) is 16.1. The Morgan fingerprint density at radius 3 is 2.82 bits per heavy atom. The fourth-order valence-corrected chi connectivity index (χ4v) is 4.87. The predicted octanol–water partition coefficient (Wildman–Crippen LogP) is 5.03. The van der Waals surface area contributed by atoms with Crippen molar-refractivity contribution in [3.05, 3.63) is 51.4 Å². The van der Waals surface area contributed by atoms with Gasteiger partial charge >= 0.3 is 5.97 Å². The molecular weight excluding hydrogens is 438 g/mol. The van der Waals surface area contributed by atoms with Crippen molar-refractivity contribution in [2.45, 2.75) is 45.4 Å². The van der Waals surface area contributed by atoms with Crippen LogP contribution in [0.25, 0.3) is 6.08 Å². The number of anilines is 1. The average molecular weight is 464 g/mol. The molecule has 1 aromatic carbocycles. The van der Waals surface area contributed by atoms with Crippen LogP contribution in [0.3, 0.4) is 0 Å². The third-order valence-corrected chi connectivity index (χ3v) is 6.32. The lowest BCUT2D eigenvalue weighted by molar-refractivity contribution is -0.112. The molecule has 0 spiro atoms. The Morgan fingerprint density at radius 2 is 2.06 bits per heavy atom. The summed E-state index contributed by atoms with van der Waals surface area (Å²) in [4.78, 5) is 26.6. The van der Waals surface area contributed by atoms with Crippen LogP contribution in [-0.2, 0) is 22.4 Å². The molecule has 2 aromatic rings. The Hall–Kier alpha value is -3.62. The zero-order valence-corrected chi connectivity index (χ0v) is 19.3. The molecule has 1 aromatic heterocycles. The zero-order chi connectivity index (χ0) is 23.6. The molecule has 33 heavy (non-hydrogen) atoms. The van der Waals surface area contributed by atoms with Crippen molar-refractivity contribution in [1.82, 2.24) is 0 Å². The van der Waals surface area contributed by atoms with Gasteiger partial charge in [0.2, 0.25) is 0 Å². The van der Waals surface area contributed by atoms with Crippen LogP contribution in [0.1, 0.15) is 59.0 Å². The highest BCUT2D eigenvalue weighted by Crippen LogP contribution is 2.38. The second kappa shape index (κ2) is 11.8. The van der Waals surface area contributed by atoms with Gasteiger partial charge in [0.25, 0.3) is 5.91 Å². The maximum absolute atomic E-state index is 12.9. The first kappa shape index (κ1) is 24.0. The molecule has 170 valence electrons. The zero-order valence-electron chi connectivity index (χ0n) is 18.5. The van der Waals surface area contributed by atoms with E-state index in [4.69, 9.17) is 14.7 Å². The fourth-order valence-electron chi connectivity index (χ4n) is 3.59. The summed E-state index contributed by atoms with van der Waals surface area (Å²) in [5.41, 5.74) is 1.91.